The Morgan fingerprint density at radius 2 is 1.94 bits per heavy atom. The van der Waals surface area contributed by atoms with Crippen molar-refractivity contribution >= 4 is 11.9 Å². The van der Waals surface area contributed by atoms with Gasteiger partial charge in [-0.15, -0.1) is 0 Å². The smallest absolute Gasteiger partial charge is 0.310 e. The van der Waals surface area contributed by atoms with E-state index < -0.39 is 11.4 Å². The van der Waals surface area contributed by atoms with Crippen molar-refractivity contribution in [2.75, 3.05) is 0 Å². The van der Waals surface area contributed by atoms with E-state index in [0.29, 0.717) is 18.8 Å². The summed E-state index contributed by atoms with van der Waals surface area (Å²) in [6.45, 7) is 2.20. The Morgan fingerprint density at radius 1 is 1.28 bits per heavy atom. The molecule has 2 rings (SSSR count). The predicted octanol–water partition coefficient (Wildman–Crippen LogP) is 2.33. The molecule has 0 aromatic heterocycles. The van der Waals surface area contributed by atoms with Crippen molar-refractivity contribution < 1.29 is 14.7 Å². The zero-order chi connectivity index (χ0) is 13.2. The van der Waals surface area contributed by atoms with Crippen molar-refractivity contribution in [2.24, 2.45) is 11.3 Å². The van der Waals surface area contributed by atoms with Gasteiger partial charge in [-0.05, 0) is 38.0 Å². The van der Waals surface area contributed by atoms with E-state index >= 15 is 0 Å². The maximum Gasteiger partial charge on any atom is 0.310 e. The molecule has 4 nitrogen and oxygen atoms in total. The second-order valence-electron chi connectivity index (χ2n) is 6.15. The van der Waals surface area contributed by atoms with E-state index in [1.54, 1.807) is 0 Å². The van der Waals surface area contributed by atoms with Crippen molar-refractivity contribution in [1.82, 2.24) is 5.32 Å². The molecule has 18 heavy (non-hydrogen) atoms. The fraction of sp³-hybridized carbons (Fsp3) is 0.857. The van der Waals surface area contributed by atoms with E-state index in [4.69, 9.17) is 0 Å². The Kier molecular flexibility index (Phi) is 3.93. The number of hydrogen-bond donors (Lipinski definition) is 2. The van der Waals surface area contributed by atoms with E-state index in [2.05, 4.69) is 12.2 Å². The van der Waals surface area contributed by atoms with Crippen LogP contribution in [-0.2, 0) is 9.59 Å². The summed E-state index contributed by atoms with van der Waals surface area (Å²) in [6, 6.07) is 0.264. The van der Waals surface area contributed by atoms with Gasteiger partial charge in [-0.1, -0.05) is 19.8 Å². The first-order chi connectivity index (χ1) is 8.52. The quantitative estimate of drug-likeness (QED) is 0.808. The largest absolute Gasteiger partial charge is 0.481 e. The number of carboxylic acid groups (broad SMARTS) is 1. The molecular formula is C14H23NO3. The average Bonchev–Trinajstić information content (AvgIpc) is 2.89. The van der Waals surface area contributed by atoms with Gasteiger partial charge in [-0.3, -0.25) is 9.59 Å². The van der Waals surface area contributed by atoms with E-state index in [1.165, 1.54) is 0 Å². The third kappa shape index (κ3) is 2.85. The van der Waals surface area contributed by atoms with E-state index in [9.17, 15) is 14.7 Å². The highest BCUT2D eigenvalue weighted by atomic mass is 16.4. The lowest BCUT2D eigenvalue weighted by molar-refractivity contribution is -0.151. The molecule has 0 radical (unpaired) electrons. The van der Waals surface area contributed by atoms with Crippen molar-refractivity contribution in [3.63, 3.8) is 0 Å². The molecule has 102 valence electrons. The van der Waals surface area contributed by atoms with E-state index in [-0.39, 0.29) is 18.4 Å². The zero-order valence-corrected chi connectivity index (χ0v) is 11.1. The van der Waals surface area contributed by atoms with Crippen molar-refractivity contribution in [2.45, 2.75) is 64.3 Å². The number of carbonyl (C=O) groups is 2. The summed E-state index contributed by atoms with van der Waals surface area (Å²) in [5, 5.41) is 12.3. The summed E-state index contributed by atoms with van der Waals surface area (Å²) >= 11 is 0. The number of carbonyl (C=O) groups excluding carboxylic acids is 1. The minimum atomic E-state index is -0.796. The Labute approximate surface area is 108 Å². The number of nitrogens with one attached hydrogen (secondary N) is 1. The van der Waals surface area contributed by atoms with Crippen LogP contribution in [0.25, 0.3) is 0 Å². The van der Waals surface area contributed by atoms with Crippen molar-refractivity contribution in [1.29, 1.82) is 0 Å². The van der Waals surface area contributed by atoms with Crippen LogP contribution in [0.2, 0.25) is 0 Å². The standard InChI is InChI=1S/C14H23NO3/c1-10-4-5-11(8-10)15-12(16)9-14(13(17)18)6-2-3-7-14/h10-11H,2-9H2,1H3,(H,15,16)(H,17,18). The highest BCUT2D eigenvalue weighted by molar-refractivity contribution is 5.85. The molecule has 0 heterocycles. The molecule has 4 heteroatoms. The number of aliphatic carboxylic acids is 1. The number of amides is 1. The van der Waals surface area contributed by atoms with Gasteiger partial charge in [-0.2, -0.15) is 0 Å². The Bertz CT molecular complexity index is 334. The second-order valence-corrected chi connectivity index (χ2v) is 6.15. The SMILES string of the molecule is CC1CCC(NC(=O)CC2(C(=O)O)CCCC2)C1. The Morgan fingerprint density at radius 3 is 2.44 bits per heavy atom. The Balaban J connectivity index is 1.88. The van der Waals surface area contributed by atoms with Crippen LogP contribution in [0.15, 0.2) is 0 Å². The third-order valence-electron chi connectivity index (χ3n) is 4.57. The number of carboxylic acids is 1. The molecule has 2 fully saturated rings. The maximum absolute atomic E-state index is 12.0. The number of rotatable bonds is 4. The molecule has 0 aromatic carbocycles. The highest BCUT2D eigenvalue weighted by Crippen LogP contribution is 2.41. The molecule has 2 atom stereocenters. The normalized spacial score (nSPS) is 30.3. The van der Waals surface area contributed by atoms with E-state index in [1.807, 2.05) is 0 Å². The molecule has 2 saturated carbocycles. The average molecular weight is 253 g/mol. The van der Waals surface area contributed by atoms with Gasteiger partial charge in [0.15, 0.2) is 0 Å². The molecule has 2 unspecified atom stereocenters. The summed E-state index contributed by atoms with van der Waals surface area (Å²) in [5.41, 5.74) is -0.783. The van der Waals surface area contributed by atoms with Gasteiger partial charge in [-0.25, -0.2) is 0 Å². The van der Waals surface area contributed by atoms with Crippen LogP contribution in [0.4, 0.5) is 0 Å². The van der Waals surface area contributed by atoms with Crippen LogP contribution in [0.1, 0.15) is 58.3 Å². The van der Waals surface area contributed by atoms with Gasteiger partial charge in [0.25, 0.3) is 0 Å². The van der Waals surface area contributed by atoms with E-state index in [0.717, 1.165) is 32.1 Å². The van der Waals surface area contributed by atoms with Gasteiger partial charge in [0.1, 0.15) is 0 Å². The Hall–Kier alpha value is -1.06. The monoisotopic (exact) mass is 253 g/mol. The summed E-state index contributed by atoms with van der Waals surface area (Å²) in [5.74, 6) is -0.191. The molecule has 0 aliphatic heterocycles. The summed E-state index contributed by atoms with van der Waals surface area (Å²) in [7, 11) is 0. The van der Waals surface area contributed by atoms with Crippen molar-refractivity contribution in [3.8, 4) is 0 Å². The third-order valence-corrected chi connectivity index (χ3v) is 4.57. The highest BCUT2D eigenvalue weighted by Gasteiger charge is 2.43. The lowest BCUT2D eigenvalue weighted by atomic mass is 9.82. The van der Waals surface area contributed by atoms with Gasteiger partial charge in [0.2, 0.25) is 5.91 Å². The lowest BCUT2D eigenvalue weighted by Gasteiger charge is -2.24. The van der Waals surface area contributed by atoms with Crippen LogP contribution < -0.4 is 5.32 Å². The molecule has 0 bridgehead atoms. The zero-order valence-electron chi connectivity index (χ0n) is 11.1. The summed E-state index contributed by atoms with van der Waals surface area (Å²) in [6.07, 6.45) is 6.55. The van der Waals surface area contributed by atoms with Gasteiger partial charge in [0.05, 0.1) is 5.41 Å². The summed E-state index contributed by atoms with van der Waals surface area (Å²) < 4.78 is 0. The second kappa shape index (κ2) is 5.29. The minimum Gasteiger partial charge on any atom is -0.481 e. The topological polar surface area (TPSA) is 66.4 Å². The molecule has 2 N–H and O–H groups in total. The van der Waals surface area contributed by atoms with Gasteiger partial charge < -0.3 is 10.4 Å². The first-order valence-corrected chi connectivity index (χ1v) is 7.05. The fourth-order valence-electron chi connectivity index (χ4n) is 3.44. The molecule has 0 aromatic rings. The first kappa shape index (κ1) is 13.4. The van der Waals surface area contributed by atoms with Crippen LogP contribution in [0.5, 0.6) is 0 Å². The predicted molar refractivity (Wildman–Crippen MR) is 68.1 cm³/mol. The maximum atomic E-state index is 12.0. The molecule has 0 spiro atoms. The lowest BCUT2D eigenvalue weighted by Crippen LogP contribution is -2.39. The van der Waals surface area contributed by atoms with Crippen LogP contribution in [-0.4, -0.2) is 23.0 Å². The molecule has 2 aliphatic carbocycles. The molecule has 0 saturated heterocycles. The van der Waals surface area contributed by atoms with Gasteiger partial charge >= 0.3 is 5.97 Å². The fourth-order valence-corrected chi connectivity index (χ4v) is 3.44. The first-order valence-electron chi connectivity index (χ1n) is 7.05. The van der Waals surface area contributed by atoms with Crippen LogP contribution in [0, 0.1) is 11.3 Å². The molecule has 2 aliphatic rings. The molecule has 1 amide bonds. The molecular weight excluding hydrogens is 230 g/mol. The number of hydrogen-bond acceptors (Lipinski definition) is 2. The van der Waals surface area contributed by atoms with Crippen LogP contribution >= 0.6 is 0 Å². The minimum absolute atomic E-state index is 0.0709. The van der Waals surface area contributed by atoms with Crippen LogP contribution in [0.3, 0.4) is 0 Å². The van der Waals surface area contributed by atoms with Gasteiger partial charge in [0, 0.05) is 12.5 Å². The van der Waals surface area contributed by atoms with Crippen molar-refractivity contribution in [3.05, 3.63) is 0 Å². The summed E-state index contributed by atoms with van der Waals surface area (Å²) in [4.78, 5) is 23.4.